The molecule has 0 fully saturated rings. The fraction of sp³-hybridized carbons (Fsp3) is 0.412. The molecule has 1 amide bonds. The van der Waals surface area contributed by atoms with Gasteiger partial charge in [0.2, 0.25) is 5.91 Å². The highest BCUT2D eigenvalue weighted by molar-refractivity contribution is 7.14. The van der Waals surface area contributed by atoms with Crippen LogP contribution in [-0.4, -0.2) is 24.5 Å². The molecule has 1 aromatic heterocycles. The molecule has 0 spiro atoms. The molecule has 118 valence electrons. The lowest BCUT2D eigenvalue weighted by atomic mass is 10.2. The smallest absolute Gasteiger partial charge is 0.228 e. The number of nitrogens with zero attached hydrogens (tertiary/aromatic N) is 2. The number of methoxy groups -OCH3 is 1. The second kappa shape index (κ2) is 7.40. The van der Waals surface area contributed by atoms with Gasteiger partial charge < -0.3 is 4.74 Å². The van der Waals surface area contributed by atoms with Gasteiger partial charge in [0.15, 0.2) is 5.13 Å². The number of carbonyl (C=O) groups is 1. The van der Waals surface area contributed by atoms with E-state index in [0.717, 1.165) is 22.1 Å². The van der Waals surface area contributed by atoms with Crippen LogP contribution in [0.5, 0.6) is 5.75 Å². The number of ether oxygens (including phenoxy) is 1. The predicted octanol–water partition coefficient (Wildman–Crippen LogP) is 4.22. The van der Waals surface area contributed by atoms with E-state index in [-0.39, 0.29) is 5.91 Å². The highest BCUT2D eigenvalue weighted by atomic mass is 32.1. The summed E-state index contributed by atoms with van der Waals surface area (Å²) in [6, 6.07) is 7.78. The average Bonchev–Trinajstić information content (AvgIpc) is 3.01. The van der Waals surface area contributed by atoms with Gasteiger partial charge in [0, 0.05) is 23.9 Å². The molecule has 0 radical (unpaired) electrons. The fourth-order valence-corrected chi connectivity index (χ4v) is 2.99. The molecular weight excluding hydrogens is 296 g/mol. The molecule has 2 aromatic rings. The van der Waals surface area contributed by atoms with E-state index < -0.39 is 0 Å². The van der Waals surface area contributed by atoms with Crippen LogP contribution in [0.25, 0.3) is 11.3 Å². The van der Waals surface area contributed by atoms with Crippen molar-refractivity contribution in [2.75, 3.05) is 18.6 Å². The highest BCUT2D eigenvalue weighted by Gasteiger charge is 2.19. The molecule has 1 heterocycles. The number of hydrogen-bond acceptors (Lipinski definition) is 4. The highest BCUT2D eigenvalue weighted by Crippen LogP contribution is 2.29. The number of benzene rings is 1. The summed E-state index contributed by atoms with van der Waals surface area (Å²) in [5, 5.41) is 2.76. The summed E-state index contributed by atoms with van der Waals surface area (Å²) >= 11 is 1.51. The lowest BCUT2D eigenvalue weighted by Crippen LogP contribution is -2.33. The summed E-state index contributed by atoms with van der Waals surface area (Å²) < 4.78 is 5.17. The summed E-state index contributed by atoms with van der Waals surface area (Å²) in [5.74, 6) is 1.34. The predicted molar refractivity (Wildman–Crippen MR) is 91.6 cm³/mol. The molecular formula is C17H22N2O2S. The molecule has 22 heavy (non-hydrogen) atoms. The van der Waals surface area contributed by atoms with E-state index in [1.165, 1.54) is 11.3 Å². The van der Waals surface area contributed by atoms with E-state index in [1.807, 2.05) is 36.6 Å². The van der Waals surface area contributed by atoms with E-state index in [9.17, 15) is 4.79 Å². The molecule has 0 unspecified atom stereocenters. The maximum atomic E-state index is 12.2. The first kappa shape index (κ1) is 16.5. The van der Waals surface area contributed by atoms with Crippen molar-refractivity contribution in [1.82, 2.24) is 4.98 Å². The van der Waals surface area contributed by atoms with E-state index in [0.29, 0.717) is 18.9 Å². The SMILES string of the molecule is CCC(=O)N(CC(C)C)c1nc(-c2ccc(OC)cc2)cs1. The molecule has 5 heteroatoms. The molecule has 0 saturated carbocycles. The molecule has 2 rings (SSSR count). The van der Waals surface area contributed by atoms with Crippen molar-refractivity contribution in [2.24, 2.45) is 5.92 Å². The number of carbonyl (C=O) groups excluding carboxylic acids is 1. The Hall–Kier alpha value is -1.88. The second-order valence-electron chi connectivity index (χ2n) is 5.50. The van der Waals surface area contributed by atoms with Gasteiger partial charge in [-0.2, -0.15) is 0 Å². The number of amides is 1. The Bertz CT molecular complexity index is 620. The average molecular weight is 318 g/mol. The Morgan fingerprint density at radius 1 is 1.32 bits per heavy atom. The minimum atomic E-state index is 0.115. The van der Waals surface area contributed by atoms with Crippen molar-refractivity contribution < 1.29 is 9.53 Å². The van der Waals surface area contributed by atoms with Crippen LogP contribution in [-0.2, 0) is 4.79 Å². The summed E-state index contributed by atoms with van der Waals surface area (Å²) in [6.07, 6.45) is 0.490. The zero-order valence-electron chi connectivity index (χ0n) is 13.5. The first-order valence-electron chi connectivity index (χ1n) is 7.45. The molecule has 0 aliphatic carbocycles. The van der Waals surface area contributed by atoms with Crippen molar-refractivity contribution >= 4 is 22.4 Å². The van der Waals surface area contributed by atoms with Gasteiger partial charge >= 0.3 is 0 Å². The van der Waals surface area contributed by atoms with Crippen molar-refractivity contribution in [1.29, 1.82) is 0 Å². The summed E-state index contributed by atoms with van der Waals surface area (Å²) in [7, 11) is 1.65. The van der Waals surface area contributed by atoms with Crippen LogP contribution in [0.2, 0.25) is 0 Å². The normalized spacial score (nSPS) is 10.8. The second-order valence-corrected chi connectivity index (χ2v) is 6.33. The van der Waals surface area contributed by atoms with Crippen LogP contribution in [0.4, 0.5) is 5.13 Å². The van der Waals surface area contributed by atoms with Crippen LogP contribution >= 0.6 is 11.3 Å². The first-order chi connectivity index (χ1) is 10.5. The van der Waals surface area contributed by atoms with E-state index in [1.54, 1.807) is 12.0 Å². The zero-order chi connectivity index (χ0) is 16.1. The maximum Gasteiger partial charge on any atom is 0.228 e. The van der Waals surface area contributed by atoms with Gasteiger partial charge in [0.1, 0.15) is 5.75 Å². The molecule has 1 aromatic carbocycles. The third kappa shape index (κ3) is 3.85. The number of aromatic nitrogens is 1. The quantitative estimate of drug-likeness (QED) is 0.801. The zero-order valence-corrected chi connectivity index (χ0v) is 14.3. The number of hydrogen-bond donors (Lipinski definition) is 0. The molecule has 0 saturated heterocycles. The van der Waals surface area contributed by atoms with E-state index in [4.69, 9.17) is 4.74 Å². The van der Waals surface area contributed by atoms with Crippen molar-refractivity contribution in [2.45, 2.75) is 27.2 Å². The lowest BCUT2D eigenvalue weighted by Gasteiger charge is -2.21. The van der Waals surface area contributed by atoms with Crippen molar-refractivity contribution in [3.63, 3.8) is 0 Å². The number of rotatable bonds is 6. The van der Waals surface area contributed by atoms with Gasteiger partial charge in [-0.25, -0.2) is 4.98 Å². The fourth-order valence-electron chi connectivity index (χ4n) is 2.13. The Labute approximate surface area is 135 Å². The molecule has 0 N–H and O–H groups in total. The Morgan fingerprint density at radius 2 is 2.00 bits per heavy atom. The van der Waals surface area contributed by atoms with Crippen LogP contribution in [0.1, 0.15) is 27.2 Å². The van der Waals surface area contributed by atoms with Crippen LogP contribution in [0.15, 0.2) is 29.6 Å². The minimum Gasteiger partial charge on any atom is -0.497 e. The molecule has 0 aliphatic heterocycles. The summed E-state index contributed by atoms with van der Waals surface area (Å²) in [6.45, 7) is 6.79. The van der Waals surface area contributed by atoms with Gasteiger partial charge in [-0.1, -0.05) is 20.8 Å². The molecule has 4 nitrogen and oxygen atoms in total. The van der Waals surface area contributed by atoms with Gasteiger partial charge in [0.05, 0.1) is 12.8 Å². The minimum absolute atomic E-state index is 0.115. The van der Waals surface area contributed by atoms with Crippen molar-refractivity contribution in [3.05, 3.63) is 29.6 Å². The maximum absolute atomic E-state index is 12.2. The molecule has 0 atom stereocenters. The first-order valence-corrected chi connectivity index (χ1v) is 8.33. The number of thiazole rings is 1. The molecule has 0 aliphatic rings. The monoisotopic (exact) mass is 318 g/mol. The van der Waals surface area contributed by atoms with Crippen LogP contribution in [0.3, 0.4) is 0 Å². The van der Waals surface area contributed by atoms with Gasteiger partial charge in [0.25, 0.3) is 0 Å². The van der Waals surface area contributed by atoms with Crippen molar-refractivity contribution in [3.8, 4) is 17.0 Å². The van der Waals surface area contributed by atoms with E-state index >= 15 is 0 Å². The van der Waals surface area contributed by atoms with Crippen LogP contribution < -0.4 is 9.64 Å². The largest absolute Gasteiger partial charge is 0.497 e. The summed E-state index contributed by atoms with van der Waals surface area (Å²) in [4.78, 5) is 18.6. The Balaban J connectivity index is 2.25. The van der Waals surface area contributed by atoms with Gasteiger partial charge in [-0.15, -0.1) is 11.3 Å². The Morgan fingerprint density at radius 3 is 2.55 bits per heavy atom. The third-order valence-electron chi connectivity index (χ3n) is 3.26. The number of anilines is 1. The lowest BCUT2D eigenvalue weighted by molar-refractivity contribution is -0.118. The van der Waals surface area contributed by atoms with Gasteiger partial charge in [-0.3, -0.25) is 9.69 Å². The topological polar surface area (TPSA) is 42.4 Å². The Kier molecular flexibility index (Phi) is 5.55. The van der Waals surface area contributed by atoms with Gasteiger partial charge in [-0.05, 0) is 30.2 Å². The third-order valence-corrected chi connectivity index (χ3v) is 4.12. The van der Waals surface area contributed by atoms with E-state index in [2.05, 4.69) is 18.8 Å². The summed E-state index contributed by atoms with van der Waals surface area (Å²) in [5.41, 5.74) is 1.91. The van der Waals surface area contributed by atoms with Crippen LogP contribution in [0, 0.1) is 5.92 Å². The standard InChI is InChI=1S/C17H22N2O2S/c1-5-16(20)19(10-12(2)3)17-18-15(11-22-17)13-6-8-14(21-4)9-7-13/h6-9,11-12H,5,10H2,1-4H3. The molecule has 0 bridgehead atoms.